The fraction of sp³-hybridized carbons (Fsp3) is 0.591. The lowest BCUT2D eigenvalue weighted by molar-refractivity contribution is 0.0281. The van der Waals surface area contributed by atoms with Crippen LogP contribution in [-0.4, -0.2) is 69.6 Å². The lowest BCUT2D eigenvalue weighted by Crippen LogP contribution is -2.42. The fourth-order valence-electron chi connectivity index (χ4n) is 4.52. The molecule has 9 heteroatoms. The van der Waals surface area contributed by atoms with Crippen LogP contribution in [0.4, 0.5) is 5.69 Å². The van der Waals surface area contributed by atoms with E-state index in [2.05, 4.69) is 32.2 Å². The van der Waals surface area contributed by atoms with Gasteiger partial charge in [0.05, 0.1) is 24.0 Å². The van der Waals surface area contributed by atoms with Crippen molar-refractivity contribution in [2.45, 2.75) is 50.7 Å². The van der Waals surface area contributed by atoms with Crippen molar-refractivity contribution in [3.05, 3.63) is 45.5 Å². The number of aliphatic hydroxyl groups is 1. The smallest absolute Gasteiger partial charge is 0.285 e. The highest BCUT2D eigenvalue weighted by atomic mass is 35.5. The molecule has 0 spiro atoms. The third-order valence-electron chi connectivity index (χ3n) is 5.98. The van der Waals surface area contributed by atoms with Crippen LogP contribution >= 0.6 is 11.6 Å². The Balaban J connectivity index is 1.34. The second kappa shape index (κ2) is 9.14. The Morgan fingerprint density at radius 2 is 2.06 bits per heavy atom. The summed E-state index contributed by atoms with van der Waals surface area (Å²) in [5, 5.41) is 16.4. The van der Waals surface area contributed by atoms with Crippen molar-refractivity contribution >= 4 is 17.3 Å². The number of piperidine rings is 1. The van der Waals surface area contributed by atoms with Gasteiger partial charge in [0, 0.05) is 31.8 Å². The van der Waals surface area contributed by atoms with Crippen LogP contribution in [0.15, 0.2) is 29.3 Å². The number of anilines is 1. The first-order valence-electron chi connectivity index (χ1n) is 10.8. The average molecular weight is 448 g/mol. The number of aromatic nitrogens is 3. The summed E-state index contributed by atoms with van der Waals surface area (Å²) in [5.41, 5.74) is 0.847. The molecule has 168 valence electrons. The average Bonchev–Trinajstić information content (AvgIpc) is 3.18. The maximum atomic E-state index is 11.7. The molecule has 31 heavy (non-hydrogen) atoms. The summed E-state index contributed by atoms with van der Waals surface area (Å²) in [7, 11) is 0. The van der Waals surface area contributed by atoms with Gasteiger partial charge in [-0.15, -0.1) is 0 Å². The van der Waals surface area contributed by atoms with Crippen molar-refractivity contribution in [2.24, 2.45) is 0 Å². The zero-order valence-electron chi connectivity index (χ0n) is 18.1. The number of ether oxygens (including phenoxy) is 1. The third kappa shape index (κ3) is 5.56. The Bertz CT molecular complexity index is 953. The zero-order valence-corrected chi connectivity index (χ0v) is 18.8. The molecule has 2 fully saturated rings. The molecule has 2 aromatic rings. The van der Waals surface area contributed by atoms with Crippen LogP contribution in [0.1, 0.15) is 44.6 Å². The minimum atomic E-state index is -0.659. The monoisotopic (exact) mass is 447 g/mol. The van der Waals surface area contributed by atoms with Gasteiger partial charge < -0.3 is 19.6 Å². The summed E-state index contributed by atoms with van der Waals surface area (Å²) in [5.74, 6) is 1.11. The number of hydrogen-bond donors (Lipinski definition) is 2. The van der Waals surface area contributed by atoms with E-state index in [1.54, 1.807) is 6.20 Å². The van der Waals surface area contributed by atoms with Crippen LogP contribution in [0.5, 0.6) is 5.88 Å². The normalized spacial score (nSPS) is 20.9. The first kappa shape index (κ1) is 22.0. The summed E-state index contributed by atoms with van der Waals surface area (Å²) in [6, 6.07) is 4.13. The molecule has 0 amide bonds. The molecule has 2 aliphatic heterocycles. The van der Waals surface area contributed by atoms with Crippen LogP contribution in [0.3, 0.4) is 0 Å². The number of nitrogens with one attached hydrogen (secondary N) is 1. The van der Waals surface area contributed by atoms with Crippen LogP contribution in [0.2, 0.25) is 5.02 Å². The molecule has 2 aliphatic rings. The maximum absolute atomic E-state index is 11.7. The van der Waals surface area contributed by atoms with Crippen molar-refractivity contribution in [3.63, 3.8) is 0 Å². The van der Waals surface area contributed by atoms with E-state index < -0.39 is 5.60 Å². The molecule has 4 heterocycles. The van der Waals surface area contributed by atoms with Crippen LogP contribution < -0.4 is 15.2 Å². The van der Waals surface area contributed by atoms with Crippen molar-refractivity contribution in [2.75, 3.05) is 37.6 Å². The summed E-state index contributed by atoms with van der Waals surface area (Å²) < 4.78 is 6.17. The van der Waals surface area contributed by atoms with Gasteiger partial charge in [-0.05, 0) is 57.3 Å². The molecule has 2 N–H and O–H groups in total. The van der Waals surface area contributed by atoms with Crippen molar-refractivity contribution in [1.82, 2.24) is 20.1 Å². The summed E-state index contributed by atoms with van der Waals surface area (Å²) in [6.07, 6.45) is 6.32. The number of β-amino-alcohol motifs (C(OH)–C–C–N with tert-alkyl or cyclic N) is 1. The van der Waals surface area contributed by atoms with Gasteiger partial charge in [0.2, 0.25) is 5.88 Å². The van der Waals surface area contributed by atoms with E-state index in [1.807, 2.05) is 24.9 Å². The molecule has 0 aromatic carbocycles. The summed E-state index contributed by atoms with van der Waals surface area (Å²) >= 11 is 6.14. The molecule has 8 nitrogen and oxygen atoms in total. The number of nitrogens with zero attached hydrogens (tertiary/aromatic N) is 4. The van der Waals surface area contributed by atoms with Gasteiger partial charge in [-0.25, -0.2) is 10.1 Å². The minimum absolute atomic E-state index is 0.0215. The Kier molecular flexibility index (Phi) is 6.50. The topological polar surface area (TPSA) is 94.6 Å². The molecule has 0 radical (unpaired) electrons. The van der Waals surface area contributed by atoms with Gasteiger partial charge in [-0.2, -0.15) is 5.10 Å². The molecule has 0 unspecified atom stereocenters. The standard InChI is InChI=1S/C22H30ClN5O3/c1-22(2,30)14-27-8-4-15(5-9-27)16-3-7-24-19(11-16)31-17-6-10-28(13-17)18-12-25-26-21(29)20(18)23/h3,7,11-12,15,17,30H,4-6,8-10,13-14H2,1-2H3,(H,26,29)/t17-/m1/s1. The van der Waals surface area contributed by atoms with Gasteiger partial charge in [0.1, 0.15) is 11.1 Å². The number of pyridine rings is 1. The highest BCUT2D eigenvalue weighted by molar-refractivity contribution is 6.33. The predicted octanol–water partition coefficient (Wildman–Crippen LogP) is 2.43. The van der Waals surface area contributed by atoms with Crippen molar-refractivity contribution in [1.29, 1.82) is 0 Å². The first-order valence-corrected chi connectivity index (χ1v) is 11.2. The predicted molar refractivity (Wildman–Crippen MR) is 120 cm³/mol. The molecule has 0 aliphatic carbocycles. The Morgan fingerprint density at radius 1 is 1.29 bits per heavy atom. The van der Waals surface area contributed by atoms with Gasteiger partial charge >= 0.3 is 0 Å². The van der Waals surface area contributed by atoms with Crippen LogP contribution in [0, 0.1) is 0 Å². The number of rotatable bonds is 6. The van der Waals surface area contributed by atoms with Crippen molar-refractivity contribution < 1.29 is 9.84 Å². The van der Waals surface area contributed by atoms with E-state index in [0.29, 0.717) is 30.6 Å². The van der Waals surface area contributed by atoms with E-state index in [4.69, 9.17) is 16.3 Å². The third-order valence-corrected chi connectivity index (χ3v) is 6.34. The number of likely N-dealkylation sites (tertiary alicyclic amines) is 1. The Labute approximate surface area is 187 Å². The number of hydrogen-bond acceptors (Lipinski definition) is 7. The van der Waals surface area contributed by atoms with Gasteiger partial charge in [-0.1, -0.05) is 11.6 Å². The van der Waals surface area contributed by atoms with Crippen LogP contribution in [-0.2, 0) is 0 Å². The van der Waals surface area contributed by atoms with E-state index >= 15 is 0 Å². The van der Waals surface area contributed by atoms with Gasteiger partial charge in [0.15, 0.2) is 0 Å². The van der Waals surface area contributed by atoms with Gasteiger partial charge in [0.25, 0.3) is 5.56 Å². The van der Waals surface area contributed by atoms with E-state index in [0.717, 1.165) is 38.9 Å². The van der Waals surface area contributed by atoms with E-state index in [1.165, 1.54) is 5.56 Å². The molecule has 0 bridgehead atoms. The molecule has 0 saturated carbocycles. The quantitative estimate of drug-likeness (QED) is 0.702. The largest absolute Gasteiger partial charge is 0.472 e. The minimum Gasteiger partial charge on any atom is -0.472 e. The molecule has 2 saturated heterocycles. The van der Waals surface area contributed by atoms with E-state index in [9.17, 15) is 9.90 Å². The zero-order chi connectivity index (χ0) is 22.0. The fourth-order valence-corrected chi connectivity index (χ4v) is 4.73. The van der Waals surface area contributed by atoms with Gasteiger partial charge in [-0.3, -0.25) is 4.79 Å². The second-order valence-corrected chi connectivity index (χ2v) is 9.54. The molecular weight excluding hydrogens is 418 g/mol. The lowest BCUT2D eigenvalue weighted by atomic mass is 9.89. The number of halogens is 1. The number of H-pyrrole nitrogens is 1. The highest BCUT2D eigenvalue weighted by Crippen LogP contribution is 2.31. The van der Waals surface area contributed by atoms with Crippen molar-refractivity contribution in [3.8, 4) is 5.88 Å². The summed E-state index contributed by atoms with van der Waals surface area (Å²) in [6.45, 7) is 7.76. The molecule has 2 aromatic heterocycles. The first-order chi connectivity index (χ1) is 14.8. The second-order valence-electron chi connectivity index (χ2n) is 9.16. The maximum Gasteiger partial charge on any atom is 0.285 e. The molecular formula is C22H30ClN5O3. The number of aromatic amines is 1. The van der Waals surface area contributed by atoms with E-state index in [-0.39, 0.29) is 16.7 Å². The Hall–Kier alpha value is -2.16. The molecule has 4 rings (SSSR count). The van der Waals surface area contributed by atoms with Crippen LogP contribution in [0.25, 0.3) is 0 Å². The molecule has 1 atom stereocenters. The summed E-state index contributed by atoms with van der Waals surface area (Å²) in [4.78, 5) is 20.5. The SMILES string of the molecule is CC(C)(O)CN1CCC(c2ccnc(O[C@@H]3CCN(c4cn[nH]c(=O)c4Cl)C3)c2)CC1. The highest BCUT2D eigenvalue weighted by Gasteiger charge is 2.28. The lowest BCUT2D eigenvalue weighted by Gasteiger charge is -2.35. The Morgan fingerprint density at radius 3 is 2.81 bits per heavy atom.